The highest BCUT2D eigenvalue weighted by Gasteiger charge is 2.10. The molecule has 110 valence electrons. The molecule has 0 fully saturated rings. The number of esters is 1. The first-order valence-corrected chi connectivity index (χ1v) is 7.32. The number of ether oxygens (including phenoxy) is 2. The molecule has 0 unspecified atom stereocenters. The van der Waals surface area contributed by atoms with Gasteiger partial charge in [-0.1, -0.05) is 11.8 Å². The van der Waals surface area contributed by atoms with Crippen LogP contribution in [0.4, 0.5) is 0 Å². The summed E-state index contributed by atoms with van der Waals surface area (Å²) in [6, 6.07) is 12.1. The lowest BCUT2D eigenvalue weighted by molar-refractivity contribution is -0.132. The number of carbonyl (C=O) groups is 1. The summed E-state index contributed by atoms with van der Waals surface area (Å²) < 4.78 is 10.7. The molecule has 0 bridgehead atoms. The van der Waals surface area contributed by atoms with Crippen LogP contribution in [0.3, 0.4) is 0 Å². The van der Waals surface area contributed by atoms with Crippen LogP contribution in [0.1, 0.15) is 13.8 Å². The normalized spacial score (nSPS) is 10.2. The lowest BCUT2D eigenvalue weighted by Gasteiger charge is -2.11. The Morgan fingerprint density at radius 3 is 2.52 bits per heavy atom. The van der Waals surface area contributed by atoms with Gasteiger partial charge in [-0.15, -0.1) is 0 Å². The number of rotatable bonds is 5. The smallest absolute Gasteiger partial charge is 0.308 e. The first-order valence-electron chi connectivity index (χ1n) is 6.50. The molecule has 0 atom stereocenters. The predicted molar refractivity (Wildman–Crippen MR) is 81.1 cm³/mol. The number of benzene rings is 2. The van der Waals surface area contributed by atoms with Gasteiger partial charge in [-0.2, -0.15) is 0 Å². The van der Waals surface area contributed by atoms with Gasteiger partial charge in [0.25, 0.3) is 0 Å². The van der Waals surface area contributed by atoms with Crippen LogP contribution in [0.2, 0.25) is 0 Å². The quantitative estimate of drug-likeness (QED) is 0.671. The van der Waals surface area contributed by atoms with Gasteiger partial charge < -0.3 is 14.6 Å². The highest BCUT2D eigenvalue weighted by atomic mass is 32.2. The second kappa shape index (κ2) is 7.04. The van der Waals surface area contributed by atoms with E-state index in [2.05, 4.69) is 0 Å². The molecular formula is C16H16O4S. The Morgan fingerprint density at radius 2 is 1.90 bits per heavy atom. The molecule has 0 heterocycles. The monoisotopic (exact) mass is 304 g/mol. The second-order valence-corrected chi connectivity index (χ2v) is 5.35. The molecule has 0 aliphatic rings. The van der Waals surface area contributed by atoms with E-state index in [4.69, 9.17) is 9.47 Å². The molecule has 0 saturated heterocycles. The van der Waals surface area contributed by atoms with Gasteiger partial charge in [0.05, 0.1) is 11.5 Å². The number of phenols is 1. The molecule has 0 spiro atoms. The van der Waals surface area contributed by atoms with Gasteiger partial charge in [0.2, 0.25) is 0 Å². The van der Waals surface area contributed by atoms with E-state index in [9.17, 15) is 9.90 Å². The first-order chi connectivity index (χ1) is 10.1. The average Bonchev–Trinajstić information content (AvgIpc) is 2.44. The van der Waals surface area contributed by atoms with Crippen LogP contribution in [0.5, 0.6) is 17.2 Å². The van der Waals surface area contributed by atoms with Crippen molar-refractivity contribution in [1.29, 1.82) is 0 Å². The molecule has 2 rings (SSSR count). The van der Waals surface area contributed by atoms with Crippen LogP contribution in [-0.2, 0) is 4.79 Å². The van der Waals surface area contributed by atoms with Crippen molar-refractivity contribution in [2.45, 2.75) is 23.6 Å². The van der Waals surface area contributed by atoms with Crippen molar-refractivity contribution in [1.82, 2.24) is 0 Å². The summed E-state index contributed by atoms with van der Waals surface area (Å²) >= 11 is 1.44. The maximum Gasteiger partial charge on any atom is 0.308 e. The average molecular weight is 304 g/mol. The Labute approximate surface area is 127 Å². The summed E-state index contributed by atoms with van der Waals surface area (Å²) in [6.45, 7) is 3.84. The zero-order valence-corrected chi connectivity index (χ0v) is 12.6. The SMILES string of the molecule is CCOc1ccc(OC(C)=O)c(Sc2ccc(O)cc2)c1. The highest BCUT2D eigenvalue weighted by Crippen LogP contribution is 2.38. The van der Waals surface area contributed by atoms with Crippen molar-refractivity contribution in [2.24, 2.45) is 0 Å². The van der Waals surface area contributed by atoms with Crippen molar-refractivity contribution in [2.75, 3.05) is 6.61 Å². The molecule has 21 heavy (non-hydrogen) atoms. The summed E-state index contributed by atoms with van der Waals surface area (Å²) in [5.74, 6) is 1.05. The predicted octanol–water partition coefficient (Wildman–Crippen LogP) is 3.87. The van der Waals surface area contributed by atoms with Crippen molar-refractivity contribution in [3.8, 4) is 17.2 Å². The van der Waals surface area contributed by atoms with Gasteiger partial charge >= 0.3 is 5.97 Å². The van der Waals surface area contributed by atoms with Gasteiger partial charge in [-0.05, 0) is 49.4 Å². The van der Waals surface area contributed by atoms with E-state index in [0.29, 0.717) is 12.4 Å². The van der Waals surface area contributed by atoms with Crippen LogP contribution in [-0.4, -0.2) is 17.7 Å². The molecule has 0 aromatic heterocycles. The minimum Gasteiger partial charge on any atom is -0.508 e. The van der Waals surface area contributed by atoms with Crippen LogP contribution in [0, 0.1) is 0 Å². The van der Waals surface area contributed by atoms with Crippen LogP contribution >= 0.6 is 11.8 Å². The molecule has 0 amide bonds. The van der Waals surface area contributed by atoms with Crippen molar-refractivity contribution in [3.05, 3.63) is 42.5 Å². The topological polar surface area (TPSA) is 55.8 Å². The molecule has 4 nitrogen and oxygen atoms in total. The van der Waals surface area contributed by atoms with E-state index >= 15 is 0 Å². The molecule has 0 radical (unpaired) electrons. The van der Waals surface area contributed by atoms with Crippen molar-refractivity contribution >= 4 is 17.7 Å². The van der Waals surface area contributed by atoms with E-state index in [-0.39, 0.29) is 11.7 Å². The summed E-state index contributed by atoms with van der Waals surface area (Å²) in [4.78, 5) is 12.9. The maximum absolute atomic E-state index is 11.2. The number of carbonyl (C=O) groups excluding carboxylic acids is 1. The van der Waals surface area contributed by atoms with Crippen LogP contribution in [0.15, 0.2) is 52.3 Å². The molecule has 2 aromatic carbocycles. The van der Waals surface area contributed by atoms with Crippen LogP contribution < -0.4 is 9.47 Å². The third-order valence-corrected chi connectivity index (χ3v) is 3.59. The summed E-state index contributed by atoms with van der Waals surface area (Å²) in [6.07, 6.45) is 0. The number of aromatic hydroxyl groups is 1. The Morgan fingerprint density at radius 1 is 1.19 bits per heavy atom. The fourth-order valence-corrected chi connectivity index (χ4v) is 2.62. The van der Waals surface area contributed by atoms with Gasteiger partial charge in [-0.3, -0.25) is 4.79 Å². The molecular weight excluding hydrogens is 288 g/mol. The third-order valence-electron chi connectivity index (χ3n) is 2.54. The minimum absolute atomic E-state index is 0.211. The largest absolute Gasteiger partial charge is 0.508 e. The number of hydrogen-bond donors (Lipinski definition) is 1. The Hall–Kier alpha value is -2.14. The van der Waals surface area contributed by atoms with Gasteiger partial charge in [0.1, 0.15) is 17.2 Å². The Kier molecular flexibility index (Phi) is 5.11. The second-order valence-electron chi connectivity index (χ2n) is 4.23. The minimum atomic E-state index is -0.369. The number of phenolic OH excluding ortho intramolecular Hbond substituents is 1. The van der Waals surface area contributed by atoms with E-state index in [1.54, 1.807) is 36.4 Å². The van der Waals surface area contributed by atoms with Gasteiger partial charge in [-0.25, -0.2) is 0 Å². The van der Waals surface area contributed by atoms with Gasteiger partial charge in [0.15, 0.2) is 0 Å². The lowest BCUT2D eigenvalue weighted by Crippen LogP contribution is -2.02. The van der Waals surface area contributed by atoms with E-state index in [1.807, 2.05) is 13.0 Å². The molecule has 0 saturated carbocycles. The van der Waals surface area contributed by atoms with Crippen molar-refractivity contribution in [3.63, 3.8) is 0 Å². The Balaban J connectivity index is 2.30. The first kappa shape index (κ1) is 15.3. The summed E-state index contributed by atoms with van der Waals surface area (Å²) in [5, 5.41) is 9.31. The lowest BCUT2D eigenvalue weighted by atomic mass is 10.3. The van der Waals surface area contributed by atoms with Crippen molar-refractivity contribution < 1.29 is 19.4 Å². The third kappa shape index (κ3) is 4.43. The molecule has 5 heteroatoms. The number of hydrogen-bond acceptors (Lipinski definition) is 5. The van der Waals surface area contributed by atoms with E-state index in [1.165, 1.54) is 18.7 Å². The summed E-state index contributed by atoms with van der Waals surface area (Å²) in [7, 11) is 0. The molecule has 0 aliphatic carbocycles. The highest BCUT2D eigenvalue weighted by molar-refractivity contribution is 7.99. The van der Waals surface area contributed by atoms with E-state index < -0.39 is 0 Å². The summed E-state index contributed by atoms with van der Waals surface area (Å²) in [5.41, 5.74) is 0. The zero-order chi connectivity index (χ0) is 15.2. The molecule has 0 aliphatic heterocycles. The van der Waals surface area contributed by atoms with Gasteiger partial charge in [0, 0.05) is 11.8 Å². The standard InChI is InChI=1S/C16H16O4S/c1-3-19-13-6-9-15(20-11(2)17)16(10-13)21-14-7-4-12(18)5-8-14/h4-10,18H,3H2,1-2H3. The van der Waals surface area contributed by atoms with E-state index in [0.717, 1.165) is 15.5 Å². The molecule has 1 N–H and O–H groups in total. The fraction of sp³-hybridized carbons (Fsp3) is 0.188. The molecule has 2 aromatic rings. The van der Waals surface area contributed by atoms with Crippen LogP contribution in [0.25, 0.3) is 0 Å². The zero-order valence-electron chi connectivity index (χ0n) is 11.8. The Bertz CT molecular complexity index is 623. The maximum atomic E-state index is 11.2. The fourth-order valence-electron chi connectivity index (χ4n) is 1.70.